The Kier molecular flexibility index (Phi) is 4.32. The van der Waals surface area contributed by atoms with Crippen molar-refractivity contribution in [3.8, 4) is 0 Å². The van der Waals surface area contributed by atoms with Crippen LogP contribution in [0.2, 0.25) is 0 Å². The molecule has 1 aliphatic rings. The second-order valence-electron chi connectivity index (χ2n) is 4.73. The molecule has 1 N–H and O–H groups in total. The van der Waals surface area contributed by atoms with E-state index in [1.165, 1.54) is 12.8 Å². The first-order valence-electron chi connectivity index (χ1n) is 5.60. The molecule has 0 aromatic heterocycles. The van der Waals surface area contributed by atoms with Crippen molar-refractivity contribution in [1.29, 1.82) is 0 Å². The lowest BCUT2D eigenvalue weighted by Crippen LogP contribution is -2.41. The molecule has 1 fully saturated rings. The van der Waals surface area contributed by atoms with E-state index < -0.39 is 21.5 Å². The Balaban J connectivity index is 2.69. The lowest BCUT2D eigenvalue weighted by Gasteiger charge is -2.24. The Labute approximate surface area is 93.7 Å². The molecule has 0 bridgehead atoms. The summed E-state index contributed by atoms with van der Waals surface area (Å²) in [5.74, 6) is -0.954. The fourth-order valence-corrected chi connectivity index (χ4v) is 3.73. The SMILES string of the molecule is CC(C)(C(=O)O)S(=O)C1CCCCCC1. The van der Waals surface area contributed by atoms with Crippen LogP contribution >= 0.6 is 0 Å². The summed E-state index contributed by atoms with van der Waals surface area (Å²) in [6.07, 6.45) is 6.41. The van der Waals surface area contributed by atoms with Crippen molar-refractivity contribution in [2.24, 2.45) is 0 Å². The van der Waals surface area contributed by atoms with Gasteiger partial charge in [-0.1, -0.05) is 25.7 Å². The first-order valence-corrected chi connectivity index (χ1v) is 6.81. The van der Waals surface area contributed by atoms with E-state index in [9.17, 15) is 9.00 Å². The molecule has 1 rings (SSSR count). The predicted molar refractivity (Wildman–Crippen MR) is 61.3 cm³/mol. The number of hydrogen-bond acceptors (Lipinski definition) is 2. The van der Waals surface area contributed by atoms with Crippen LogP contribution in [0.3, 0.4) is 0 Å². The fraction of sp³-hybridized carbons (Fsp3) is 0.909. The molecule has 1 saturated carbocycles. The van der Waals surface area contributed by atoms with Gasteiger partial charge in [-0.3, -0.25) is 9.00 Å². The second-order valence-corrected chi connectivity index (χ2v) is 7.01. The van der Waals surface area contributed by atoms with Gasteiger partial charge >= 0.3 is 5.97 Å². The molecular weight excluding hydrogens is 212 g/mol. The molecule has 4 heteroatoms. The van der Waals surface area contributed by atoms with Crippen LogP contribution in [-0.2, 0) is 15.6 Å². The number of carboxylic acids is 1. The Morgan fingerprint density at radius 2 is 1.67 bits per heavy atom. The summed E-state index contributed by atoms with van der Waals surface area (Å²) >= 11 is 0. The van der Waals surface area contributed by atoms with Crippen molar-refractivity contribution in [1.82, 2.24) is 0 Å². The van der Waals surface area contributed by atoms with E-state index >= 15 is 0 Å². The highest BCUT2D eigenvalue weighted by molar-refractivity contribution is 7.87. The van der Waals surface area contributed by atoms with E-state index in [0.29, 0.717) is 0 Å². The van der Waals surface area contributed by atoms with Crippen LogP contribution in [-0.4, -0.2) is 25.3 Å². The average Bonchev–Trinajstić information content (AvgIpc) is 2.44. The third-order valence-electron chi connectivity index (χ3n) is 3.12. The molecule has 0 aliphatic heterocycles. The zero-order valence-electron chi connectivity index (χ0n) is 9.49. The van der Waals surface area contributed by atoms with Crippen molar-refractivity contribution >= 4 is 16.8 Å². The topological polar surface area (TPSA) is 54.4 Å². The van der Waals surface area contributed by atoms with Gasteiger partial charge in [-0.15, -0.1) is 0 Å². The second kappa shape index (κ2) is 5.10. The van der Waals surface area contributed by atoms with E-state index in [2.05, 4.69) is 0 Å². The molecule has 0 spiro atoms. The molecule has 0 amide bonds. The Hall–Kier alpha value is -0.380. The van der Waals surface area contributed by atoms with Crippen LogP contribution in [0.4, 0.5) is 0 Å². The van der Waals surface area contributed by atoms with E-state index in [4.69, 9.17) is 5.11 Å². The van der Waals surface area contributed by atoms with Crippen LogP contribution < -0.4 is 0 Å². The summed E-state index contributed by atoms with van der Waals surface area (Å²) < 4.78 is 11.0. The molecule has 0 saturated heterocycles. The van der Waals surface area contributed by atoms with E-state index in [1.807, 2.05) is 0 Å². The smallest absolute Gasteiger partial charge is 0.321 e. The Morgan fingerprint density at radius 1 is 1.20 bits per heavy atom. The minimum atomic E-state index is -1.26. The zero-order valence-corrected chi connectivity index (χ0v) is 10.3. The third kappa shape index (κ3) is 3.03. The molecular formula is C11H20O3S. The molecule has 15 heavy (non-hydrogen) atoms. The van der Waals surface area contributed by atoms with Crippen LogP contribution in [0.25, 0.3) is 0 Å². The molecule has 0 heterocycles. The molecule has 0 aromatic rings. The number of aliphatic carboxylic acids is 1. The van der Waals surface area contributed by atoms with Gasteiger partial charge < -0.3 is 5.11 Å². The van der Waals surface area contributed by atoms with Crippen molar-refractivity contribution < 1.29 is 14.1 Å². The summed E-state index contributed by atoms with van der Waals surface area (Å²) in [6.45, 7) is 3.13. The van der Waals surface area contributed by atoms with Crippen LogP contribution in [0, 0.1) is 0 Å². The van der Waals surface area contributed by atoms with Crippen LogP contribution in [0.15, 0.2) is 0 Å². The molecule has 1 unspecified atom stereocenters. The highest BCUT2D eigenvalue weighted by Crippen LogP contribution is 2.27. The van der Waals surface area contributed by atoms with E-state index in [0.717, 1.165) is 25.7 Å². The minimum Gasteiger partial charge on any atom is -0.480 e. The summed E-state index contributed by atoms with van der Waals surface area (Å²) in [6, 6.07) is 0. The lowest BCUT2D eigenvalue weighted by atomic mass is 10.2. The van der Waals surface area contributed by atoms with E-state index in [-0.39, 0.29) is 5.25 Å². The maximum atomic E-state index is 12.1. The summed E-state index contributed by atoms with van der Waals surface area (Å²) in [5.41, 5.74) is 0. The number of hydrogen-bond donors (Lipinski definition) is 1. The van der Waals surface area contributed by atoms with Gasteiger partial charge in [0, 0.05) is 16.0 Å². The Bertz CT molecular complexity index is 253. The molecule has 1 atom stereocenters. The highest BCUT2D eigenvalue weighted by Gasteiger charge is 2.38. The standard InChI is InChI=1S/C11H20O3S/c1-11(2,10(12)13)15(14)9-7-5-3-4-6-8-9/h9H,3-8H2,1-2H3,(H,12,13). The van der Waals surface area contributed by atoms with Crippen molar-refractivity contribution in [2.75, 3.05) is 0 Å². The summed E-state index contributed by atoms with van der Waals surface area (Å²) in [7, 11) is -1.26. The zero-order chi connectivity index (χ0) is 11.5. The largest absolute Gasteiger partial charge is 0.480 e. The van der Waals surface area contributed by atoms with Gasteiger partial charge in [0.2, 0.25) is 0 Å². The highest BCUT2D eigenvalue weighted by atomic mass is 32.2. The Morgan fingerprint density at radius 3 is 2.07 bits per heavy atom. The maximum Gasteiger partial charge on any atom is 0.321 e. The van der Waals surface area contributed by atoms with Crippen LogP contribution in [0.1, 0.15) is 52.4 Å². The maximum absolute atomic E-state index is 12.1. The third-order valence-corrected chi connectivity index (χ3v) is 5.38. The molecule has 88 valence electrons. The lowest BCUT2D eigenvalue weighted by molar-refractivity contribution is -0.139. The first-order chi connectivity index (χ1) is 6.96. The number of carboxylic acid groups (broad SMARTS) is 1. The number of carbonyl (C=O) groups is 1. The monoisotopic (exact) mass is 232 g/mol. The first kappa shape index (κ1) is 12.7. The van der Waals surface area contributed by atoms with Crippen molar-refractivity contribution in [2.45, 2.75) is 62.4 Å². The quantitative estimate of drug-likeness (QED) is 0.760. The molecule has 0 radical (unpaired) electrons. The summed E-state index contributed by atoms with van der Waals surface area (Å²) in [5, 5.41) is 9.10. The summed E-state index contributed by atoms with van der Waals surface area (Å²) in [4.78, 5) is 11.0. The minimum absolute atomic E-state index is 0.0820. The van der Waals surface area contributed by atoms with Gasteiger partial charge in [0.05, 0.1) is 0 Å². The van der Waals surface area contributed by atoms with Gasteiger partial charge in [-0.25, -0.2) is 0 Å². The van der Waals surface area contributed by atoms with Crippen LogP contribution in [0.5, 0.6) is 0 Å². The molecule has 1 aliphatic carbocycles. The normalized spacial score (nSPS) is 22.0. The van der Waals surface area contributed by atoms with Gasteiger partial charge in [0.15, 0.2) is 0 Å². The number of rotatable bonds is 3. The van der Waals surface area contributed by atoms with Crippen molar-refractivity contribution in [3.63, 3.8) is 0 Å². The van der Waals surface area contributed by atoms with Gasteiger partial charge in [-0.05, 0) is 26.7 Å². The molecule has 0 aromatic carbocycles. The van der Waals surface area contributed by atoms with Gasteiger partial charge in [0.25, 0.3) is 0 Å². The van der Waals surface area contributed by atoms with E-state index in [1.54, 1.807) is 13.8 Å². The van der Waals surface area contributed by atoms with Gasteiger partial charge in [0.1, 0.15) is 4.75 Å². The predicted octanol–water partition coefficient (Wildman–Crippen LogP) is 2.32. The van der Waals surface area contributed by atoms with Crippen molar-refractivity contribution in [3.05, 3.63) is 0 Å². The average molecular weight is 232 g/mol. The van der Waals surface area contributed by atoms with Gasteiger partial charge in [-0.2, -0.15) is 0 Å². The molecule has 3 nitrogen and oxygen atoms in total. The fourth-order valence-electron chi connectivity index (χ4n) is 1.96.